The Morgan fingerprint density at radius 2 is 1.89 bits per heavy atom. The van der Waals surface area contributed by atoms with E-state index in [0.717, 1.165) is 23.5 Å². The highest BCUT2D eigenvalue weighted by Gasteiger charge is 2.34. The zero-order valence-corrected chi connectivity index (χ0v) is 15.2. The number of aromatic nitrogens is 1. The third kappa shape index (κ3) is 3.96. The minimum Gasteiger partial charge on any atom is -0.258 e. The molecule has 0 radical (unpaired) electrons. The molecule has 0 saturated carbocycles. The van der Waals surface area contributed by atoms with Gasteiger partial charge >= 0.3 is 6.18 Å². The number of nitrogens with one attached hydrogen (secondary N) is 1. The van der Waals surface area contributed by atoms with Gasteiger partial charge in [0.25, 0.3) is 15.7 Å². The molecule has 3 aromatic rings. The molecule has 0 spiro atoms. The fraction of sp³-hybridized carbons (Fsp3) is 0.0714. The number of sulfonamides is 1. The maximum atomic E-state index is 12.9. The van der Waals surface area contributed by atoms with Gasteiger partial charge in [0, 0.05) is 12.1 Å². The number of rotatable bonds is 4. The second kappa shape index (κ2) is 6.62. The number of nitrogens with zero attached hydrogens (tertiary/aromatic N) is 2. The molecule has 1 N–H and O–H groups in total. The van der Waals surface area contributed by atoms with Crippen molar-refractivity contribution >= 4 is 54.0 Å². The van der Waals surface area contributed by atoms with E-state index < -0.39 is 36.6 Å². The molecule has 0 aliphatic rings. The van der Waals surface area contributed by atoms with Crippen molar-refractivity contribution in [1.82, 2.24) is 4.98 Å². The molecule has 3 rings (SSSR count). The number of alkyl halides is 3. The van der Waals surface area contributed by atoms with Gasteiger partial charge in [0.1, 0.15) is 0 Å². The Morgan fingerprint density at radius 1 is 1.19 bits per heavy atom. The summed E-state index contributed by atoms with van der Waals surface area (Å²) in [7, 11) is -4.38. The molecule has 142 valence electrons. The Bertz CT molecular complexity index is 1160. The van der Waals surface area contributed by atoms with Gasteiger partial charge in [-0.05, 0) is 24.3 Å². The molecule has 0 aliphatic carbocycles. The zero-order valence-electron chi connectivity index (χ0n) is 12.8. The van der Waals surface area contributed by atoms with Crippen LogP contribution in [0.1, 0.15) is 5.56 Å². The highest BCUT2D eigenvalue weighted by Crippen LogP contribution is 2.36. The number of nitro groups is 1. The molecule has 2 aromatic carbocycles. The largest absolute Gasteiger partial charge is 0.417 e. The first-order valence-corrected chi connectivity index (χ1v) is 9.60. The summed E-state index contributed by atoms with van der Waals surface area (Å²) < 4.78 is 65.9. The second-order valence-electron chi connectivity index (χ2n) is 5.17. The van der Waals surface area contributed by atoms with Crippen molar-refractivity contribution < 1.29 is 26.5 Å². The van der Waals surface area contributed by atoms with Crippen LogP contribution < -0.4 is 4.72 Å². The van der Waals surface area contributed by atoms with Crippen molar-refractivity contribution in [3.63, 3.8) is 0 Å². The van der Waals surface area contributed by atoms with Gasteiger partial charge in [0.15, 0.2) is 5.13 Å². The van der Waals surface area contributed by atoms with Crippen LogP contribution in [0.25, 0.3) is 10.2 Å². The van der Waals surface area contributed by atoms with Crippen LogP contribution in [0.5, 0.6) is 0 Å². The summed E-state index contributed by atoms with van der Waals surface area (Å²) >= 11 is 6.29. The summed E-state index contributed by atoms with van der Waals surface area (Å²) in [5.74, 6) is 0. The van der Waals surface area contributed by atoms with Gasteiger partial charge in [-0.3, -0.25) is 14.8 Å². The van der Waals surface area contributed by atoms with Crippen LogP contribution in [0.3, 0.4) is 0 Å². The minimum absolute atomic E-state index is 0.144. The number of nitro benzene ring substituents is 1. The third-order valence-corrected chi connectivity index (χ3v) is 6.09. The number of thiazole rings is 1. The number of benzene rings is 2. The Hall–Kier alpha value is -2.44. The molecule has 13 heteroatoms. The summed E-state index contributed by atoms with van der Waals surface area (Å²) in [4.78, 5) is 13.5. The van der Waals surface area contributed by atoms with Crippen molar-refractivity contribution in [3.8, 4) is 0 Å². The van der Waals surface area contributed by atoms with Gasteiger partial charge in [-0.25, -0.2) is 13.4 Å². The predicted octanol–water partition coefficient (Wildman–Crippen LogP) is 4.68. The van der Waals surface area contributed by atoms with Gasteiger partial charge in [-0.2, -0.15) is 13.2 Å². The Labute approximate surface area is 158 Å². The molecule has 0 saturated heterocycles. The lowest BCUT2D eigenvalue weighted by atomic mass is 10.2. The summed E-state index contributed by atoms with van der Waals surface area (Å²) in [5, 5.41) is 10.0. The van der Waals surface area contributed by atoms with E-state index in [4.69, 9.17) is 11.6 Å². The number of anilines is 1. The van der Waals surface area contributed by atoms with Crippen LogP contribution in [0.4, 0.5) is 24.0 Å². The van der Waals surface area contributed by atoms with Gasteiger partial charge in [0.05, 0.1) is 30.6 Å². The molecule has 1 heterocycles. The molecule has 0 atom stereocenters. The van der Waals surface area contributed by atoms with E-state index in [0.29, 0.717) is 16.3 Å². The first kappa shape index (κ1) is 19.3. The number of hydrogen-bond donors (Lipinski definition) is 1. The maximum Gasteiger partial charge on any atom is 0.417 e. The first-order valence-electron chi connectivity index (χ1n) is 6.92. The number of fused-ring (bicyclic) bond motifs is 1. The summed E-state index contributed by atoms with van der Waals surface area (Å²) in [6.07, 6.45) is -4.82. The molecule has 0 bridgehead atoms. The predicted molar refractivity (Wildman–Crippen MR) is 93.5 cm³/mol. The first-order chi connectivity index (χ1) is 12.5. The van der Waals surface area contributed by atoms with Crippen molar-refractivity contribution in [2.75, 3.05) is 4.72 Å². The van der Waals surface area contributed by atoms with Gasteiger partial charge in [-0.15, -0.1) is 0 Å². The SMILES string of the molecule is O=[N+]([O-])c1ccc2nc(NS(=O)(=O)c3ccc(Cl)c(C(F)(F)F)c3)sc2c1. The Kier molecular flexibility index (Phi) is 4.74. The normalized spacial score (nSPS) is 12.3. The molecule has 0 amide bonds. The highest BCUT2D eigenvalue weighted by molar-refractivity contribution is 7.93. The van der Waals surface area contributed by atoms with Crippen molar-refractivity contribution in [1.29, 1.82) is 0 Å². The van der Waals surface area contributed by atoms with Crippen molar-refractivity contribution in [2.45, 2.75) is 11.1 Å². The fourth-order valence-electron chi connectivity index (χ4n) is 2.13. The monoisotopic (exact) mass is 437 g/mol. The van der Waals surface area contributed by atoms with Crippen LogP contribution >= 0.6 is 22.9 Å². The van der Waals surface area contributed by atoms with Crippen LogP contribution in [0, 0.1) is 10.1 Å². The van der Waals surface area contributed by atoms with Gasteiger partial charge in [0.2, 0.25) is 0 Å². The van der Waals surface area contributed by atoms with Crippen LogP contribution in [-0.2, 0) is 16.2 Å². The molecule has 0 aliphatic heterocycles. The van der Waals surface area contributed by atoms with E-state index >= 15 is 0 Å². The third-order valence-electron chi connectivity index (χ3n) is 3.36. The lowest BCUT2D eigenvalue weighted by molar-refractivity contribution is -0.384. The Morgan fingerprint density at radius 3 is 2.52 bits per heavy atom. The standard InChI is InChI=1S/C14H7ClF3N3O4S2/c15-10-3-2-8(6-9(10)14(16,17)18)27(24,25)20-13-19-11-4-1-7(21(22)23)5-12(11)26-13/h1-6H,(H,19,20). The molecule has 0 unspecified atom stereocenters. The van der Waals surface area contributed by atoms with Crippen molar-refractivity contribution in [2.24, 2.45) is 0 Å². The van der Waals surface area contributed by atoms with E-state index in [9.17, 15) is 31.7 Å². The smallest absolute Gasteiger partial charge is 0.258 e. The number of non-ortho nitro benzene ring substituents is 1. The zero-order chi connectivity index (χ0) is 20.0. The topological polar surface area (TPSA) is 102 Å². The second-order valence-corrected chi connectivity index (χ2v) is 8.29. The summed E-state index contributed by atoms with van der Waals surface area (Å²) in [6.45, 7) is 0. The molecular weight excluding hydrogens is 431 g/mol. The van der Waals surface area contributed by atoms with Crippen LogP contribution in [0.15, 0.2) is 41.3 Å². The fourth-order valence-corrected chi connectivity index (χ4v) is 4.52. The quantitative estimate of drug-likeness (QED) is 0.471. The summed E-state index contributed by atoms with van der Waals surface area (Å²) in [6, 6.07) is 5.94. The van der Waals surface area contributed by atoms with E-state index in [-0.39, 0.29) is 10.8 Å². The lowest BCUT2D eigenvalue weighted by Crippen LogP contribution is -2.14. The average molecular weight is 438 g/mol. The van der Waals surface area contributed by atoms with Crippen molar-refractivity contribution in [3.05, 3.63) is 57.1 Å². The molecule has 0 fully saturated rings. The van der Waals surface area contributed by atoms with Gasteiger partial charge < -0.3 is 0 Å². The van der Waals surface area contributed by atoms with E-state index in [1.165, 1.54) is 18.2 Å². The Balaban J connectivity index is 1.97. The molecule has 7 nitrogen and oxygen atoms in total. The summed E-state index contributed by atoms with van der Waals surface area (Å²) in [5.41, 5.74) is -1.18. The maximum absolute atomic E-state index is 12.9. The van der Waals surface area contributed by atoms with E-state index in [2.05, 4.69) is 9.71 Å². The van der Waals surface area contributed by atoms with E-state index in [1.54, 1.807) is 0 Å². The van der Waals surface area contributed by atoms with E-state index in [1.807, 2.05) is 0 Å². The highest BCUT2D eigenvalue weighted by atomic mass is 35.5. The minimum atomic E-state index is -4.82. The van der Waals surface area contributed by atoms with Gasteiger partial charge in [-0.1, -0.05) is 22.9 Å². The average Bonchev–Trinajstić information content (AvgIpc) is 2.94. The number of hydrogen-bond acceptors (Lipinski definition) is 6. The van der Waals surface area contributed by atoms with Crippen LogP contribution in [-0.4, -0.2) is 18.3 Å². The molecule has 27 heavy (non-hydrogen) atoms. The molecular formula is C14H7ClF3N3O4S2. The molecule has 1 aromatic heterocycles. The lowest BCUT2D eigenvalue weighted by Gasteiger charge is -2.11. The number of halogens is 4. The van der Waals surface area contributed by atoms with Crippen LogP contribution in [0.2, 0.25) is 5.02 Å².